The highest BCUT2D eigenvalue weighted by molar-refractivity contribution is 7.25. The van der Waals surface area contributed by atoms with Crippen LogP contribution in [0.3, 0.4) is 0 Å². The summed E-state index contributed by atoms with van der Waals surface area (Å²) in [6.45, 7) is 4.69. The Bertz CT molecular complexity index is 2550. The molecule has 1 aliphatic heterocycles. The Morgan fingerprint density at radius 2 is 1.13 bits per heavy atom. The van der Waals surface area contributed by atoms with Gasteiger partial charge in [0, 0.05) is 36.5 Å². The van der Waals surface area contributed by atoms with Gasteiger partial charge in [0.15, 0.2) is 0 Å². The fourth-order valence-corrected chi connectivity index (χ4v) is 8.93. The molecule has 0 spiro atoms. The number of benzene rings is 7. The fourth-order valence-electron chi connectivity index (χ4n) is 7.84. The lowest BCUT2D eigenvalue weighted by Crippen LogP contribution is -2.14. The first kappa shape index (κ1) is 25.2. The number of hydrogen-bond donors (Lipinski definition) is 0. The normalized spacial score (nSPS) is 13.9. The SMILES string of the molecule is CC1(C)c2ccccc2-c2ccc(-c3ccc4c5c(cccc35)-c3cc(-c5ccc6sc7ccccc7c6c5)ccc3O4)cc21. The third-order valence-corrected chi connectivity index (χ3v) is 11.2. The first-order chi connectivity index (χ1) is 22.0. The quantitative estimate of drug-likeness (QED) is 0.194. The van der Waals surface area contributed by atoms with Crippen LogP contribution in [0.15, 0.2) is 133 Å². The second-order valence-electron chi connectivity index (χ2n) is 12.9. The third-order valence-electron chi connectivity index (χ3n) is 10.1. The van der Waals surface area contributed by atoms with Crippen LogP contribution in [-0.2, 0) is 5.41 Å². The van der Waals surface area contributed by atoms with Crippen molar-refractivity contribution < 1.29 is 4.74 Å². The zero-order chi connectivity index (χ0) is 29.9. The first-order valence-corrected chi connectivity index (χ1v) is 16.4. The van der Waals surface area contributed by atoms with Gasteiger partial charge in [-0.25, -0.2) is 0 Å². The summed E-state index contributed by atoms with van der Waals surface area (Å²) in [4.78, 5) is 0. The van der Waals surface area contributed by atoms with E-state index in [1.165, 1.54) is 81.0 Å². The van der Waals surface area contributed by atoms with Crippen molar-refractivity contribution in [2.45, 2.75) is 19.3 Å². The summed E-state index contributed by atoms with van der Waals surface area (Å²) in [5.41, 5.74) is 12.7. The van der Waals surface area contributed by atoms with Gasteiger partial charge in [-0.3, -0.25) is 0 Å². The zero-order valence-electron chi connectivity index (χ0n) is 25.0. The van der Waals surface area contributed by atoms with Gasteiger partial charge in [-0.1, -0.05) is 105 Å². The largest absolute Gasteiger partial charge is 0.456 e. The minimum Gasteiger partial charge on any atom is -0.456 e. The molecule has 2 heterocycles. The molecule has 8 aromatic rings. The average molecular weight is 593 g/mol. The fraction of sp³-hybridized carbons (Fsp3) is 0.0698. The molecule has 0 N–H and O–H groups in total. The minimum atomic E-state index is -0.0367. The summed E-state index contributed by atoms with van der Waals surface area (Å²) in [5, 5.41) is 5.05. The Morgan fingerprint density at radius 3 is 2.09 bits per heavy atom. The smallest absolute Gasteiger partial charge is 0.135 e. The van der Waals surface area contributed by atoms with Crippen molar-refractivity contribution in [3.8, 4) is 56.0 Å². The van der Waals surface area contributed by atoms with E-state index in [4.69, 9.17) is 4.74 Å². The van der Waals surface area contributed by atoms with Crippen molar-refractivity contribution in [3.05, 3.63) is 145 Å². The predicted molar refractivity (Wildman–Crippen MR) is 191 cm³/mol. The van der Waals surface area contributed by atoms with E-state index in [9.17, 15) is 0 Å². The highest BCUT2D eigenvalue weighted by Crippen LogP contribution is 2.52. The van der Waals surface area contributed by atoms with Crippen LogP contribution in [0.2, 0.25) is 0 Å². The van der Waals surface area contributed by atoms with E-state index >= 15 is 0 Å². The van der Waals surface area contributed by atoms with Crippen LogP contribution in [0.5, 0.6) is 11.5 Å². The summed E-state index contributed by atoms with van der Waals surface area (Å²) in [7, 11) is 0. The molecule has 1 nitrogen and oxygen atoms in total. The number of thiophene rings is 1. The highest BCUT2D eigenvalue weighted by Gasteiger charge is 2.35. The third kappa shape index (κ3) is 3.49. The van der Waals surface area contributed by atoms with Gasteiger partial charge in [-0.15, -0.1) is 11.3 Å². The van der Waals surface area contributed by atoms with E-state index in [2.05, 4.69) is 147 Å². The molecule has 0 bridgehead atoms. The molecule has 0 saturated heterocycles. The van der Waals surface area contributed by atoms with E-state index < -0.39 is 0 Å². The lowest BCUT2D eigenvalue weighted by atomic mass is 9.81. The number of rotatable bonds is 2. The molecule has 2 aliphatic rings. The van der Waals surface area contributed by atoms with Gasteiger partial charge in [-0.2, -0.15) is 0 Å². The maximum absolute atomic E-state index is 6.60. The van der Waals surface area contributed by atoms with E-state index in [0.717, 1.165) is 17.1 Å². The van der Waals surface area contributed by atoms with Crippen molar-refractivity contribution in [1.82, 2.24) is 0 Å². The maximum Gasteiger partial charge on any atom is 0.135 e. The summed E-state index contributed by atoms with van der Waals surface area (Å²) in [6, 6.07) is 49.2. The maximum atomic E-state index is 6.60. The molecule has 0 radical (unpaired) electrons. The molecule has 0 atom stereocenters. The summed E-state index contributed by atoms with van der Waals surface area (Å²) >= 11 is 1.86. The average Bonchev–Trinajstić information content (AvgIpc) is 3.56. The molecular weight excluding hydrogens is 565 g/mol. The van der Waals surface area contributed by atoms with E-state index in [1.807, 2.05) is 11.3 Å². The van der Waals surface area contributed by atoms with Crippen molar-refractivity contribution in [2.24, 2.45) is 0 Å². The molecular formula is C43H28OS. The molecule has 7 aromatic carbocycles. The molecule has 0 saturated carbocycles. The Labute approximate surface area is 266 Å². The van der Waals surface area contributed by atoms with Crippen LogP contribution in [0.25, 0.3) is 75.5 Å². The second kappa shape index (κ2) is 8.94. The van der Waals surface area contributed by atoms with Crippen LogP contribution in [0.1, 0.15) is 25.0 Å². The van der Waals surface area contributed by atoms with Gasteiger partial charge in [0.2, 0.25) is 0 Å². The van der Waals surface area contributed by atoms with Crippen LogP contribution >= 0.6 is 11.3 Å². The summed E-state index contributed by atoms with van der Waals surface area (Å²) in [5.74, 6) is 1.83. The van der Waals surface area contributed by atoms with Crippen molar-refractivity contribution in [1.29, 1.82) is 0 Å². The van der Waals surface area contributed by atoms with Gasteiger partial charge in [0.05, 0.1) is 0 Å². The Kier molecular flexibility index (Phi) is 5.00. The lowest BCUT2D eigenvalue weighted by Gasteiger charge is -2.24. The van der Waals surface area contributed by atoms with Crippen LogP contribution in [0, 0.1) is 0 Å². The van der Waals surface area contributed by atoms with Gasteiger partial charge >= 0.3 is 0 Å². The van der Waals surface area contributed by atoms with Crippen molar-refractivity contribution >= 4 is 42.3 Å². The second-order valence-corrected chi connectivity index (χ2v) is 14.0. The first-order valence-electron chi connectivity index (χ1n) is 15.6. The molecule has 1 aromatic heterocycles. The van der Waals surface area contributed by atoms with Crippen molar-refractivity contribution in [2.75, 3.05) is 0 Å². The summed E-state index contributed by atoms with van der Waals surface area (Å²) in [6.07, 6.45) is 0. The van der Waals surface area contributed by atoms with Gasteiger partial charge < -0.3 is 4.74 Å². The molecule has 212 valence electrons. The zero-order valence-corrected chi connectivity index (χ0v) is 25.8. The van der Waals surface area contributed by atoms with E-state index in [-0.39, 0.29) is 5.41 Å². The lowest BCUT2D eigenvalue weighted by molar-refractivity contribution is 0.487. The van der Waals surface area contributed by atoms with Crippen LogP contribution < -0.4 is 4.74 Å². The van der Waals surface area contributed by atoms with Crippen LogP contribution in [-0.4, -0.2) is 0 Å². The Balaban J connectivity index is 1.12. The van der Waals surface area contributed by atoms with Gasteiger partial charge in [0.25, 0.3) is 0 Å². The van der Waals surface area contributed by atoms with Crippen LogP contribution in [0.4, 0.5) is 0 Å². The minimum absolute atomic E-state index is 0.0367. The highest BCUT2D eigenvalue weighted by atomic mass is 32.1. The van der Waals surface area contributed by atoms with Crippen molar-refractivity contribution in [3.63, 3.8) is 0 Å². The number of ether oxygens (including phenoxy) is 1. The molecule has 2 heteroatoms. The van der Waals surface area contributed by atoms with E-state index in [1.54, 1.807) is 0 Å². The monoisotopic (exact) mass is 592 g/mol. The Morgan fingerprint density at radius 1 is 0.444 bits per heavy atom. The molecule has 10 rings (SSSR count). The number of fused-ring (bicyclic) bond motifs is 8. The molecule has 1 aliphatic carbocycles. The molecule has 45 heavy (non-hydrogen) atoms. The predicted octanol–water partition coefficient (Wildman–Crippen LogP) is 12.6. The molecule has 0 unspecified atom stereocenters. The molecule has 0 fully saturated rings. The standard InChI is InChI=1S/C43H28OS/c1-43(2)36-12-5-3-8-29(36)30-17-14-27(24-37(30)43)28-18-20-39-42-32(28)10-7-11-33(42)34-22-25(15-19-38(34)44-39)26-16-21-41-35(23-26)31-9-4-6-13-40(31)45-41/h3-24H,1-2H3. The number of hydrogen-bond acceptors (Lipinski definition) is 2. The Hall–Kier alpha value is -5.18. The topological polar surface area (TPSA) is 9.23 Å². The van der Waals surface area contributed by atoms with E-state index in [0.29, 0.717) is 0 Å². The van der Waals surface area contributed by atoms with Gasteiger partial charge in [-0.05, 0) is 97.9 Å². The van der Waals surface area contributed by atoms with Gasteiger partial charge in [0.1, 0.15) is 11.5 Å². The molecule has 0 amide bonds. The summed E-state index contributed by atoms with van der Waals surface area (Å²) < 4.78 is 9.26.